The number of benzene rings is 1. The van der Waals surface area contributed by atoms with Gasteiger partial charge in [0.05, 0.1) is 5.52 Å². The maximum absolute atomic E-state index is 13.0. The van der Waals surface area contributed by atoms with E-state index in [2.05, 4.69) is 4.98 Å². The monoisotopic (exact) mass is 365 g/mol. The van der Waals surface area contributed by atoms with Crippen LogP contribution in [0.15, 0.2) is 36.5 Å². The van der Waals surface area contributed by atoms with Gasteiger partial charge in [-0.25, -0.2) is 0 Å². The molecule has 1 saturated heterocycles. The molecule has 1 aliphatic carbocycles. The van der Waals surface area contributed by atoms with E-state index in [0.717, 1.165) is 23.2 Å². The second-order valence-corrected chi connectivity index (χ2v) is 7.74. The molecule has 5 nitrogen and oxygen atoms in total. The van der Waals surface area contributed by atoms with E-state index in [4.69, 9.17) is 0 Å². The van der Waals surface area contributed by atoms with Gasteiger partial charge < -0.3 is 9.80 Å². The standard InChI is InChI=1S/C22H27N3O2/c26-21(11-10-17-5-1-2-6-17)24-13-15-25(16-14-24)22(27)19-7-3-9-20-18(19)8-4-12-23-20/h3-4,7-9,12,17H,1-2,5-6,10-11,13-16H2. The first-order valence-electron chi connectivity index (χ1n) is 10.1. The average molecular weight is 365 g/mol. The van der Waals surface area contributed by atoms with E-state index in [9.17, 15) is 9.59 Å². The van der Waals surface area contributed by atoms with Crippen molar-refractivity contribution >= 4 is 22.7 Å². The third-order valence-corrected chi connectivity index (χ3v) is 6.04. The molecular formula is C22H27N3O2. The second-order valence-electron chi connectivity index (χ2n) is 7.74. The lowest BCUT2D eigenvalue weighted by molar-refractivity contribution is -0.133. The van der Waals surface area contributed by atoms with Gasteiger partial charge in [0.25, 0.3) is 5.91 Å². The smallest absolute Gasteiger partial charge is 0.254 e. The molecule has 2 aliphatic rings. The Morgan fingerprint density at radius 2 is 1.70 bits per heavy atom. The summed E-state index contributed by atoms with van der Waals surface area (Å²) in [7, 11) is 0. The van der Waals surface area contributed by atoms with Gasteiger partial charge in [0, 0.05) is 49.7 Å². The molecule has 0 unspecified atom stereocenters. The molecule has 2 fully saturated rings. The molecule has 142 valence electrons. The fourth-order valence-electron chi connectivity index (χ4n) is 4.40. The Balaban J connectivity index is 1.34. The number of piperazine rings is 1. The summed E-state index contributed by atoms with van der Waals surface area (Å²) < 4.78 is 0. The zero-order valence-electron chi connectivity index (χ0n) is 15.8. The Morgan fingerprint density at radius 1 is 0.963 bits per heavy atom. The van der Waals surface area contributed by atoms with E-state index >= 15 is 0 Å². The Morgan fingerprint density at radius 3 is 2.48 bits per heavy atom. The van der Waals surface area contributed by atoms with Crippen molar-refractivity contribution in [3.05, 3.63) is 42.1 Å². The molecule has 27 heavy (non-hydrogen) atoms. The Labute approximate surface area is 160 Å². The van der Waals surface area contributed by atoms with E-state index < -0.39 is 0 Å². The lowest BCUT2D eigenvalue weighted by Crippen LogP contribution is -2.50. The lowest BCUT2D eigenvalue weighted by atomic mass is 10.0. The third-order valence-electron chi connectivity index (χ3n) is 6.04. The van der Waals surface area contributed by atoms with E-state index in [1.807, 2.05) is 40.1 Å². The molecule has 2 amide bonds. The van der Waals surface area contributed by atoms with Crippen molar-refractivity contribution in [1.82, 2.24) is 14.8 Å². The predicted octanol–water partition coefficient (Wildman–Crippen LogP) is 3.49. The Bertz CT molecular complexity index is 816. The number of hydrogen-bond donors (Lipinski definition) is 0. The molecule has 0 radical (unpaired) electrons. The first kappa shape index (κ1) is 18.0. The number of aromatic nitrogens is 1. The highest BCUT2D eigenvalue weighted by Gasteiger charge is 2.26. The van der Waals surface area contributed by atoms with Crippen LogP contribution in [0.3, 0.4) is 0 Å². The SMILES string of the molecule is O=C(CCC1CCCC1)N1CCN(C(=O)c2cccc3ncccc23)CC1. The van der Waals surface area contributed by atoms with Crippen LogP contribution in [-0.4, -0.2) is 52.8 Å². The molecule has 4 rings (SSSR count). The summed E-state index contributed by atoms with van der Waals surface area (Å²) in [6.07, 6.45) is 8.65. The first-order chi connectivity index (χ1) is 13.2. The summed E-state index contributed by atoms with van der Waals surface area (Å²) in [4.78, 5) is 33.6. The van der Waals surface area contributed by atoms with Crippen LogP contribution in [0.1, 0.15) is 48.9 Å². The van der Waals surface area contributed by atoms with Crippen LogP contribution in [0.4, 0.5) is 0 Å². The van der Waals surface area contributed by atoms with Gasteiger partial charge in [-0.05, 0) is 30.5 Å². The van der Waals surface area contributed by atoms with Crippen LogP contribution in [0.5, 0.6) is 0 Å². The van der Waals surface area contributed by atoms with E-state index in [0.29, 0.717) is 38.2 Å². The molecule has 1 saturated carbocycles. The predicted molar refractivity (Wildman–Crippen MR) is 105 cm³/mol. The maximum atomic E-state index is 13.0. The lowest BCUT2D eigenvalue weighted by Gasteiger charge is -2.35. The van der Waals surface area contributed by atoms with Gasteiger partial charge in [0.2, 0.25) is 5.91 Å². The van der Waals surface area contributed by atoms with Gasteiger partial charge in [0.1, 0.15) is 0 Å². The number of amides is 2. The highest BCUT2D eigenvalue weighted by molar-refractivity contribution is 6.06. The number of carbonyl (C=O) groups is 2. The van der Waals surface area contributed by atoms with Crippen molar-refractivity contribution in [2.24, 2.45) is 5.92 Å². The van der Waals surface area contributed by atoms with Crippen LogP contribution < -0.4 is 0 Å². The van der Waals surface area contributed by atoms with Crippen LogP contribution in [-0.2, 0) is 4.79 Å². The molecule has 1 aromatic carbocycles. The van der Waals surface area contributed by atoms with E-state index in [1.54, 1.807) is 6.20 Å². The van der Waals surface area contributed by atoms with Gasteiger partial charge in [-0.3, -0.25) is 14.6 Å². The molecule has 0 spiro atoms. The first-order valence-corrected chi connectivity index (χ1v) is 10.1. The van der Waals surface area contributed by atoms with Crippen molar-refractivity contribution in [2.45, 2.75) is 38.5 Å². The highest BCUT2D eigenvalue weighted by Crippen LogP contribution is 2.28. The molecule has 1 aliphatic heterocycles. The normalized spacial score (nSPS) is 18.2. The van der Waals surface area contributed by atoms with Crippen LogP contribution in [0, 0.1) is 5.92 Å². The van der Waals surface area contributed by atoms with Gasteiger partial charge >= 0.3 is 0 Å². The number of rotatable bonds is 4. The van der Waals surface area contributed by atoms with E-state index in [1.165, 1.54) is 25.7 Å². The fraction of sp³-hybridized carbons (Fsp3) is 0.500. The van der Waals surface area contributed by atoms with Crippen molar-refractivity contribution in [3.8, 4) is 0 Å². The summed E-state index contributed by atoms with van der Waals surface area (Å²) in [6.45, 7) is 2.48. The number of pyridine rings is 1. The fourth-order valence-corrected chi connectivity index (χ4v) is 4.40. The minimum absolute atomic E-state index is 0.0339. The Hall–Kier alpha value is -2.43. The minimum Gasteiger partial charge on any atom is -0.339 e. The van der Waals surface area contributed by atoms with Crippen molar-refractivity contribution < 1.29 is 9.59 Å². The number of nitrogens with zero attached hydrogens (tertiary/aromatic N) is 3. The topological polar surface area (TPSA) is 53.5 Å². The zero-order chi connectivity index (χ0) is 18.6. The van der Waals surface area contributed by atoms with Crippen molar-refractivity contribution in [3.63, 3.8) is 0 Å². The van der Waals surface area contributed by atoms with Crippen LogP contribution in [0.25, 0.3) is 10.9 Å². The molecular weight excluding hydrogens is 338 g/mol. The van der Waals surface area contributed by atoms with Crippen molar-refractivity contribution in [1.29, 1.82) is 0 Å². The zero-order valence-corrected chi connectivity index (χ0v) is 15.8. The third kappa shape index (κ3) is 3.97. The van der Waals surface area contributed by atoms with Crippen LogP contribution in [0.2, 0.25) is 0 Å². The summed E-state index contributed by atoms with van der Waals surface area (Å²) in [6, 6.07) is 9.47. The molecule has 1 aromatic heterocycles. The minimum atomic E-state index is 0.0339. The molecule has 2 aromatic rings. The average Bonchev–Trinajstić information content (AvgIpc) is 3.25. The second kappa shape index (κ2) is 8.07. The van der Waals surface area contributed by atoms with Crippen LogP contribution >= 0.6 is 0 Å². The molecule has 0 atom stereocenters. The summed E-state index contributed by atoms with van der Waals surface area (Å²) in [5.74, 6) is 1.03. The maximum Gasteiger partial charge on any atom is 0.254 e. The number of hydrogen-bond acceptors (Lipinski definition) is 3. The highest BCUT2D eigenvalue weighted by atomic mass is 16.2. The quantitative estimate of drug-likeness (QED) is 0.833. The summed E-state index contributed by atoms with van der Waals surface area (Å²) >= 11 is 0. The van der Waals surface area contributed by atoms with Gasteiger partial charge in [-0.1, -0.05) is 37.8 Å². The summed E-state index contributed by atoms with van der Waals surface area (Å²) in [5.41, 5.74) is 1.53. The molecule has 5 heteroatoms. The number of carbonyl (C=O) groups excluding carboxylic acids is 2. The van der Waals surface area contributed by atoms with Crippen molar-refractivity contribution in [2.75, 3.05) is 26.2 Å². The van der Waals surface area contributed by atoms with Gasteiger partial charge in [0.15, 0.2) is 0 Å². The van der Waals surface area contributed by atoms with E-state index in [-0.39, 0.29) is 11.8 Å². The number of fused-ring (bicyclic) bond motifs is 1. The van der Waals surface area contributed by atoms with Gasteiger partial charge in [-0.15, -0.1) is 0 Å². The molecule has 0 N–H and O–H groups in total. The van der Waals surface area contributed by atoms with Gasteiger partial charge in [-0.2, -0.15) is 0 Å². The largest absolute Gasteiger partial charge is 0.339 e. The Kier molecular flexibility index (Phi) is 5.37. The molecule has 0 bridgehead atoms. The molecule has 2 heterocycles. The summed E-state index contributed by atoms with van der Waals surface area (Å²) in [5, 5.41) is 0.889.